The highest BCUT2D eigenvalue weighted by atomic mass is 19.3. The Morgan fingerprint density at radius 3 is 2.64 bits per heavy atom. The number of alkyl halides is 2. The summed E-state index contributed by atoms with van der Waals surface area (Å²) in [5, 5.41) is 5.27. The summed E-state index contributed by atoms with van der Waals surface area (Å²) in [6.07, 6.45) is 0. The molecule has 1 aliphatic rings. The first kappa shape index (κ1) is 20.0. The molecule has 0 spiro atoms. The van der Waals surface area contributed by atoms with Gasteiger partial charge in [-0.15, -0.1) is 0 Å². The predicted molar refractivity (Wildman–Crippen MR) is 101 cm³/mol. The van der Waals surface area contributed by atoms with Gasteiger partial charge in [-0.2, -0.15) is 8.78 Å². The zero-order valence-electron chi connectivity index (χ0n) is 15.4. The minimum atomic E-state index is -2.96. The van der Waals surface area contributed by atoms with Gasteiger partial charge in [0.25, 0.3) is 0 Å². The molecule has 0 radical (unpaired) electrons. The van der Waals surface area contributed by atoms with Crippen LogP contribution in [0.5, 0.6) is 5.75 Å². The third kappa shape index (κ3) is 6.17. The molecule has 1 saturated heterocycles. The van der Waals surface area contributed by atoms with Gasteiger partial charge >= 0.3 is 12.6 Å². The summed E-state index contributed by atoms with van der Waals surface area (Å²) in [4.78, 5) is 14.5. The largest absolute Gasteiger partial charge is 0.433 e. The van der Waals surface area contributed by atoms with Crippen molar-refractivity contribution in [1.29, 1.82) is 0 Å². The summed E-state index contributed by atoms with van der Waals surface area (Å²) in [5.74, 6) is -0.0832. The van der Waals surface area contributed by atoms with E-state index in [1.54, 1.807) is 12.1 Å². The van der Waals surface area contributed by atoms with Crippen molar-refractivity contribution in [3.8, 4) is 5.75 Å². The van der Waals surface area contributed by atoms with Gasteiger partial charge in [0.1, 0.15) is 5.75 Å². The fraction of sp³-hybridized carbons (Fsp3) is 0.350. The lowest BCUT2D eigenvalue weighted by atomic mass is 10.1. The molecular weight excluding hydrogens is 368 g/mol. The number of morpholine rings is 1. The van der Waals surface area contributed by atoms with Crippen LogP contribution in [0.3, 0.4) is 0 Å². The summed E-state index contributed by atoms with van der Waals surface area (Å²) < 4.78 is 34.7. The maximum atomic E-state index is 12.5. The first-order chi connectivity index (χ1) is 13.6. The van der Waals surface area contributed by atoms with Crippen molar-refractivity contribution in [2.45, 2.75) is 19.7 Å². The number of halogens is 2. The number of carbonyl (C=O) groups excluding carboxylic acids is 1. The lowest BCUT2D eigenvalue weighted by Gasteiger charge is -2.26. The number of nitrogens with one attached hydrogen (secondary N) is 2. The fourth-order valence-electron chi connectivity index (χ4n) is 2.97. The molecule has 0 aromatic heterocycles. The third-order valence-electron chi connectivity index (χ3n) is 4.31. The highest BCUT2D eigenvalue weighted by molar-refractivity contribution is 5.90. The van der Waals surface area contributed by atoms with Crippen LogP contribution in [-0.4, -0.2) is 43.8 Å². The number of anilines is 1. The third-order valence-corrected chi connectivity index (χ3v) is 4.31. The van der Waals surface area contributed by atoms with E-state index in [0.717, 1.165) is 44.0 Å². The monoisotopic (exact) mass is 391 g/mol. The van der Waals surface area contributed by atoms with Crippen LogP contribution < -0.4 is 15.4 Å². The van der Waals surface area contributed by atoms with Gasteiger partial charge in [0, 0.05) is 26.2 Å². The molecule has 0 atom stereocenters. The molecule has 0 aliphatic carbocycles. The predicted octanol–water partition coefficient (Wildman–Crippen LogP) is 3.44. The van der Waals surface area contributed by atoms with E-state index in [1.165, 1.54) is 12.1 Å². The molecule has 1 aliphatic heterocycles. The lowest BCUT2D eigenvalue weighted by molar-refractivity contribution is -0.0493. The zero-order valence-corrected chi connectivity index (χ0v) is 15.4. The minimum Gasteiger partial charge on any atom is -0.433 e. The van der Waals surface area contributed by atoms with Crippen LogP contribution in [-0.2, 0) is 17.8 Å². The molecule has 6 nitrogen and oxygen atoms in total. The topological polar surface area (TPSA) is 62.8 Å². The molecule has 2 aromatic carbocycles. The van der Waals surface area contributed by atoms with E-state index in [-0.39, 0.29) is 11.4 Å². The first-order valence-electron chi connectivity index (χ1n) is 9.07. The summed E-state index contributed by atoms with van der Waals surface area (Å²) in [6, 6.07) is 13.5. The average Bonchev–Trinajstić information content (AvgIpc) is 2.69. The number of rotatable bonds is 7. The van der Waals surface area contributed by atoms with Crippen LogP contribution in [0.4, 0.5) is 19.3 Å². The van der Waals surface area contributed by atoms with Gasteiger partial charge < -0.3 is 20.1 Å². The van der Waals surface area contributed by atoms with Crippen molar-refractivity contribution >= 4 is 11.7 Å². The van der Waals surface area contributed by atoms with Gasteiger partial charge in [-0.05, 0) is 23.3 Å². The molecule has 2 amide bonds. The number of urea groups is 1. The Kier molecular flexibility index (Phi) is 7.16. The van der Waals surface area contributed by atoms with E-state index in [4.69, 9.17) is 4.74 Å². The van der Waals surface area contributed by atoms with Crippen LogP contribution in [0.15, 0.2) is 48.5 Å². The van der Waals surface area contributed by atoms with E-state index in [9.17, 15) is 13.6 Å². The number of hydrogen-bond acceptors (Lipinski definition) is 4. The van der Waals surface area contributed by atoms with Crippen molar-refractivity contribution < 1.29 is 23.0 Å². The molecular formula is C20H23F2N3O3. The van der Waals surface area contributed by atoms with Gasteiger partial charge in [-0.3, -0.25) is 4.90 Å². The highest BCUT2D eigenvalue weighted by Crippen LogP contribution is 2.25. The second kappa shape index (κ2) is 10.0. The van der Waals surface area contributed by atoms with E-state index < -0.39 is 12.6 Å². The number of nitrogens with zero attached hydrogens (tertiary/aromatic N) is 1. The molecule has 1 fully saturated rings. The quantitative estimate of drug-likeness (QED) is 0.759. The number of amides is 2. The Labute approximate surface area is 162 Å². The van der Waals surface area contributed by atoms with E-state index >= 15 is 0 Å². The lowest BCUT2D eigenvalue weighted by Crippen LogP contribution is -2.35. The second-order valence-corrected chi connectivity index (χ2v) is 6.39. The Hall–Kier alpha value is -2.71. The van der Waals surface area contributed by atoms with Gasteiger partial charge in [-0.1, -0.05) is 36.4 Å². The van der Waals surface area contributed by atoms with E-state index in [0.29, 0.717) is 6.54 Å². The van der Waals surface area contributed by atoms with Crippen molar-refractivity contribution in [2.75, 3.05) is 31.6 Å². The molecule has 0 bridgehead atoms. The van der Waals surface area contributed by atoms with Gasteiger partial charge in [0.05, 0.1) is 18.9 Å². The molecule has 28 heavy (non-hydrogen) atoms. The summed E-state index contributed by atoms with van der Waals surface area (Å²) >= 11 is 0. The van der Waals surface area contributed by atoms with Crippen molar-refractivity contribution in [3.05, 3.63) is 59.7 Å². The molecule has 2 N–H and O–H groups in total. The molecule has 1 heterocycles. The maximum Gasteiger partial charge on any atom is 0.387 e. The molecule has 0 saturated carbocycles. The smallest absolute Gasteiger partial charge is 0.387 e. The first-order valence-corrected chi connectivity index (χ1v) is 9.07. The van der Waals surface area contributed by atoms with Crippen molar-refractivity contribution in [2.24, 2.45) is 0 Å². The molecule has 2 aromatic rings. The van der Waals surface area contributed by atoms with Crippen LogP contribution in [0.25, 0.3) is 0 Å². The standard InChI is InChI=1S/C20H23F2N3O3/c21-19(22)28-18-7-2-1-6-17(18)24-20(26)23-13-15-4-3-5-16(12-15)14-25-8-10-27-11-9-25/h1-7,12,19H,8-11,13-14H2,(H2,23,24,26). The van der Waals surface area contributed by atoms with E-state index in [2.05, 4.69) is 26.3 Å². The van der Waals surface area contributed by atoms with Gasteiger partial charge in [0.15, 0.2) is 0 Å². The molecule has 3 rings (SSSR count). The number of para-hydroxylation sites is 2. The molecule has 8 heteroatoms. The van der Waals surface area contributed by atoms with Gasteiger partial charge in [0.2, 0.25) is 0 Å². The summed E-state index contributed by atoms with van der Waals surface area (Å²) in [6.45, 7) is 1.51. The van der Waals surface area contributed by atoms with E-state index in [1.807, 2.05) is 18.2 Å². The second-order valence-electron chi connectivity index (χ2n) is 6.39. The molecule has 0 unspecified atom stereocenters. The number of ether oxygens (including phenoxy) is 2. The number of benzene rings is 2. The Bertz CT molecular complexity index is 783. The summed E-state index contributed by atoms with van der Waals surface area (Å²) in [7, 11) is 0. The maximum absolute atomic E-state index is 12.5. The number of hydrogen-bond donors (Lipinski definition) is 2. The summed E-state index contributed by atoms with van der Waals surface area (Å²) in [5.41, 5.74) is 2.30. The highest BCUT2D eigenvalue weighted by Gasteiger charge is 2.12. The zero-order chi connectivity index (χ0) is 19.8. The van der Waals surface area contributed by atoms with Crippen molar-refractivity contribution in [1.82, 2.24) is 10.2 Å². The average molecular weight is 391 g/mol. The Balaban J connectivity index is 1.53. The van der Waals surface area contributed by atoms with Crippen LogP contribution in [0.1, 0.15) is 11.1 Å². The minimum absolute atomic E-state index is 0.0832. The van der Waals surface area contributed by atoms with Crippen molar-refractivity contribution in [3.63, 3.8) is 0 Å². The normalized spacial score (nSPS) is 14.7. The van der Waals surface area contributed by atoms with Gasteiger partial charge in [-0.25, -0.2) is 4.79 Å². The Morgan fingerprint density at radius 1 is 1.11 bits per heavy atom. The number of carbonyl (C=O) groups is 1. The SMILES string of the molecule is O=C(NCc1cccc(CN2CCOCC2)c1)Nc1ccccc1OC(F)F. The van der Waals surface area contributed by atoms with Crippen LogP contribution >= 0.6 is 0 Å². The van der Waals surface area contributed by atoms with Crippen LogP contribution in [0, 0.1) is 0 Å². The van der Waals surface area contributed by atoms with Crippen LogP contribution in [0.2, 0.25) is 0 Å². The molecule has 150 valence electrons. The fourth-order valence-corrected chi connectivity index (χ4v) is 2.97. The Morgan fingerprint density at radius 2 is 1.86 bits per heavy atom.